The maximum atomic E-state index is 13.1. The van der Waals surface area contributed by atoms with Crippen LogP contribution in [0.15, 0.2) is 48.5 Å². The highest BCUT2D eigenvalue weighted by Gasteiger charge is 2.32. The van der Waals surface area contributed by atoms with Gasteiger partial charge in [0, 0.05) is 5.02 Å². The molecule has 2 aromatic carbocycles. The number of amides is 1. The van der Waals surface area contributed by atoms with Gasteiger partial charge in [-0.15, -0.1) is 0 Å². The Kier molecular flexibility index (Phi) is 7.49. The molecular weight excluding hydrogens is 396 g/mol. The van der Waals surface area contributed by atoms with Gasteiger partial charge in [-0.1, -0.05) is 55.3 Å². The predicted molar refractivity (Wildman–Crippen MR) is 115 cm³/mol. The number of halogens is 1. The second-order valence-corrected chi connectivity index (χ2v) is 9.14. The molecule has 0 aliphatic carbocycles. The van der Waals surface area contributed by atoms with Crippen molar-refractivity contribution < 1.29 is 13.2 Å². The third kappa shape index (κ3) is 5.49. The zero-order chi connectivity index (χ0) is 20.9. The highest BCUT2D eigenvalue weighted by molar-refractivity contribution is 7.92. The number of anilines is 1. The summed E-state index contributed by atoms with van der Waals surface area (Å²) in [5.74, 6) is -0.324. The lowest BCUT2D eigenvalue weighted by Gasteiger charge is -2.31. The van der Waals surface area contributed by atoms with Crippen molar-refractivity contribution in [3.8, 4) is 0 Å². The molecule has 7 heteroatoms. The normalized spacial score (nSPS) is 13.6. The van der Waals surface area contributed by atoms with Crippen LogP contribution in [0.3, 0.4) is 0 Å². The van der Waals surface area contributed by atoms with Gasteiger partial charge in [-0.3, -0.25) is 9.10 Å². The summed E-state index contributed by atoms with van der Waals surface area (Å²) in [4.78, 5) is 13.1. The van der Waals surface area contributed by atoms with E-state index in [0.29, 0.717) is 23.6 Å². The Hall–Kier alpha value is -2.05. The second kappa shape index (κ2) is 9.43. The van der Waals surface area contributed by atoms with E-state index in [1.165, 1.54) is 4.31 Å². The van der Waals surface area contributed by atoms with Gasteiger partial charge in [0.1, 0.15) is 6.04 Å². The molecule has 1 amide bonds. The molecule has 0 bridgehead atoms. The van der Waals surface area contributed by atoms with E-state index < -0.39 is 16.1 Å². The Balaban J connectivity index is 2.32. The lowest BCUT2D eigenvalue weighted by atomic mass is 10.0. The first-order valence-electron chi connectivity index (χ1n) is 9.29. The maximum absolute atomic E-state index is 13.1. The summed E-state index contributed by atoms with van der Waals surface area (Å²) >= 11 is 5.93. The van der Waals surface area contributed by atoms with Crippen LogP contribution in [0.2, 0.25) is 5.02 Å². The van der Waals surface area contributed by atoms with Crippen molar-refractivity contribution in [2.45, 2.75) is 45.7 Å². The number of benzene rings is 2. The van der Waals surface area contributed by atoms with E-state index in [1.54, 1.807) is 31.2 Å². The lowest BCUT2D eigenvalue weighted by Crippen LogP contribution is -2.50. The van der Waals surface area contributed by atoms with Crippen molar-refractivity contribution in [3.63, 3.8) is 0 Å². The fourth-order valence-electron chi connectivity index (χ4n) is 3.14. The van der Waals surface area contributed by atoms with Crippen LogP contribution in [0.5, 0.6) is 0 Å². The van der Waals surface area contributed by atoms with E-state index in [4.69, 9.17) is 11.6 Å². The lowest BCUT2D eigenvalue weighted by molar-refractivity contribution is -0.123. The van der Waals surface area contributed by atoms with E-state index in [0.717, 1.165) is 17.4 Å². The van der Waals surface area contributed by atoms with Crippen molar-refractivity contribution in [2.75, 3.05) is 10.6 Å². The molecule has 0 spiro atoms. The van der Waals surface area contributed by atoms with Crippen LogP contribution in [-0.4, -0.2) is 26.6 Å². The number of nitrogens with zero attached hydrogens (tertiary/aromatic N) is 1. The first-order valence-corrected chi connectivity index (χ1v) is 11.5. The molecule has 152 valence electrons. The quantitative estimate of drug-likeness (QED) is 0.682. The van der Waals surface area contributed by atoms with E-state index >= 15 is 0 Å². The average molecular weight is 423 g/mol. The number of hydrogen-bond donors (Lipinski definition) is 1. The third-order valence-electron chi connectivity index (χ3n) is 4.62. The van der Waals surface area contributed by atoms with Crippen molar-refractivity contribution in [2.24, 2.45) is 0 Å². The molecule has 2 atom stereocenters. The van der Waals surface area contributed by atoms with Gasteiger partial charge < -0.3 is 5.32 Å². The molecule has 2 rings (SSSR count). The standard InChI is InChI=1S/C21H27ClN2O3S/c1-5-19(16-9-7-15(3)8-10-16)23-21(25)20(6-2)24(28(4,26)27)18-13-11-17(22)12-14-18/h7-14,19-20H,5-6H2,1-4H3,(H,23,25)/t19-,20+/m1/s1. The highest BCUT2D eigenvalue weighted by atomic mass is 35.5. The molecule has 0 radical (unpaired) electrons. The van der Waals surface area contributed by atoms with Gasteiger partial charge in [0.2, 0.25) is 15.9 Å². The average Bonchev–Trinajstić information content (AvgIpc) is 2.64. The minimum atomic E-state index is -3.67. The van der Waals surface area contributed by atoms with E-state index in [9.17, 15) is 13.2 Å². The number of nitrogens with one attached hydrogen (secondary N) is 1. The molecule has 5 nitrogen and oxygen atoms in total. The van der Waals surface area contributed by atoms with Crippen LogP contribution in [0.25, 0.3) is 0 Å². The summed E-state index contributed by atoms with van der Waals surface area (Å²) in [7, 11) is -3.67. The first kappa shape index (κ1) is 22.2. The molecule has 2 aromatic rings. The molecule has 0 aromatic heterocycles. The number of hydrogen-bond acceptors (Lipinski definition) is 3. The Labute approximate surface area is 172 Å². The first-order chi connectivity index (χ1) is 13.2. The van der Waals surface area contributed by atoms with E-state index in [-0.39, 0.29) is 11.9 Å². The minimum absolute atomic E-state index is 0.186. The van der Waals surface area contributed by atoms with Crippen LogP contribution >= 0.6 is 11.6 Å². The van der Waals surface area contributed by atoms with Gasteiger partial charge in [0.05, 0.1) is 18.0 Å². The Morgan fingerprint density at radius 1 is 1.04 bits per heavy atom. The van der Waals surface area contributed by atoms with Crippen molar-refractivity contribution in [1.29, 1.82) is 0 Å². The van der Waals surface area contributed by atoms with Crippen LogP contribution < -0.4 is 9.62 Å². The zero-order valence-electron chi connectivity index (χ0n) is 16.6. The monoisotopic (exact) mass is 422 g/mol. The summed E-state index contributed by atoms with van der Waals surface area (Å²) in [5, 5.41) is 3.52. The number of sulfonamides is 1. The van der Waals surface area contributed by atoms with Crippen molar-refractivity contribution in [3.05, 3.63) is 64.7 Å². The van der Waals surface area contributed by atoms with Gasteiger partial charge >= 0.3 is 0 Å². The molecular formula is C21H27ClN2O3S. The number of carbonyl (C=O) groups is 1. The summed E-state index contributed by atoms with van der Waals surface area (Å²) in [5.41, 5.74) is 2.55. The summed E-state index contributed by atoms with van der Waals surface area (Å²) in [6.07, 6.45) is 2.14. The molecule has 28 heavy (non-hydrogen) atoms. The van der Waals surface area contributed by atoms with Crippen LogP contribution in [0, 0.1) is 6.92 Å². The molecule has 0 aliphatic rings. The van der Waals surface area contributed by atoms with E-state index in [2.05, 4.69) is 5.32 Å². The second-order valence-electron chi connectivity index (χ2n) is 6.84. The maximum Gasteiger partial charge on any atom is 0.244 e. The molecule has 0 unspecified atom stereocenters. The van der Waals surface area contributed by atoms with Crippen LogP contribution in [0.1, 0.15) is 43.9 Å². The van der Waals surface area contributed by atoms with Gasteiger partial charge in [-0.05, 0) is 49.6 Å². The predicted octanol–water partition coefficient (Wildman–Crippen LogP) is 4.46. The van der Waals surface area contributed by atoms with Crippen LogP contribution in [-0.2, 0) is 14.8 Å². The molecule has 0 fully saturated rings. The molecule has 0 aliphatic heterocycles. The zero-order valence-corrected chi connectivity index (χ0v) is 18.2. The van der Waals surface area contributed by atoms with Gasteiger partial charge in [-0.2, -0.15) is 0 Å². The molecule has 0 saturated carbocycles. The molecule has 0 saturated heterocycles. The van der Waals surface area contributed by atoms with Gasteiger partial charge in [-0.25, -0.2) is 8.42 Å². The SMILES string of the molecule is CC[C@@H](NC(=O)[C@H](CC)N(c1ccc(Cl)cc1)S(C)(=O)=O)c1ccc(C)cc1. The number of carbonyl (C=O) groups excluding carboxylic acids is 1. The van der Waals surface area contributed by atoms with Crippen molar-refractivity contribution >= 4 is 33.2 Å². The summed E-state index contributed by atoms with van der Waals surface area (Å²) in [6, 6.07) is 13.4. The van der Waals surface area contributed by atoms with Gasteiger partial charge in [0.25, 0.3) is 0 Å². The third-order valence-corrected chi connectivity index (χ3v) is 6.05. The minimum Gasteiger partial charge on any atom is -0.347 e. The fourth-order valence-corrected chi connectivity index (χ4v) is 4.47. The topological polar surface area (TPSA) is 66.5 Å². The summed E-state index contributed by atoms with van der Waals surface area (Å²) < 4.78 is 26.2. The van der Waals surface area contributed by atoms with Crippen LogP contribution in [0.4, 0.5) is 5.69 Å². The smallest absolute Gasteiger partial charge is 0.244 e. The summed E-state index contributed by atoms with van der Waals surface area (Å²) in [6.45, 7) is 5.79. The Morgan fingerprint density at radius 2 is 1.61 bits per heavy atom. The largest absolute Gasteiger partial charge is 0.347 e. The Bertz CT molecular complexity index is 896. The number of rotatable bonds is 8. The Morgan fingerprint density at radius 3 is 2.07 bits per heavy atom. The van der Waals surface area contributed by atoms with Crippen molar-refractivity contribution in [1.82, 2.24) is 5.32 Å². The molecule has 1 N–H and O–H groups in total. The van der Waals surface area contributed by atoms with E-state index in [1.807, 2.05) is 38.1 Å². The fraction of sp³-hybridized carbons (Fsp3) is 0.381. The molecule has 0 heterocycles. The van der Waals surface area contributed by atoms with Gasteiger partial charge in [0.15, 0.2) is 0 Å². The number of aryl methyl sites for hydroxylation is 1. The highest BCUT2D eigenvalue weighted by Crippen LogP contribution is 2.25.